The number of halogens is 1. The molecule has 10 heteroatoms. The van der Waals surface area contributed by atoms with Gasteiger partial charge in [0.25, 0.3) is 5.91 Å². The second-order valence-corrected chi connectivity index (χ2v) is 11.8. The van der Waals surface area contributed by atoms with Gasteiger partial charge in [0.15, 0.2) is 5.11 Å². The Morgan fingerprint density at radius 1 is 0.825 bits per heavy atom. The van der Waals surface area contributed by atoms with Crippen LogP contribution in [0.1, 0.15) is 21.5 Å². The lowest BCUT2D eigenvalue weighted by Gasteiger charge is -2.12. The summed E-state index contributed by atoms with van der Waals surface area (Å²) in [5, 5.41) is 5.62. The molecule has 3 N–H and O–H groups in total. The van der Waals surface area contributed by atoms with E-state index in [0.29, 0.717) is 41.0 Å². The summed E-state index contributed by atoms with van der Waals surface area (Å²) in [4.78, 5) is 12.8. The van der Waals surface area contributed by atoms with E-state index in [2.05, 4.69) is 31.3 Å². The summed E-state index contributed by atoms with van der Waals surface area (Å²) in [7, 11) is -3.65. The molecule has 0 fully saturated rings. The van der Waals surface area contributed by atoms with Gasteiger partial charge in [0.2, 0.25) is 10.0 Å². The number of hydrogen-bond acceptors (Lipinski definition) is 5. The van der Waals surface area contributed by atoms with Crippen molar-refractivity contribution in [3.05, 3.63) is 124 Å². The Hall–Kier alpha value is -3.57. The molecule has 4 aromatic rings. The van der Waals surface area contributed by atoms with E-state index in [9.17, 15) is 13.2 Å². The van der Waals surface area contributed by atoms with Gasteiger partial charge < -0.3 is 10.1 Å². The van der Waals surface area contributed by atoms with Gasteiger partial charge in [-0.15, -0.1) is 0 Å². The van der Waals surface area contributed by atoms with Gasteiger partial charge >= 0.3 is 0 Å². The van der Waals surface area contributed by atoms with E-state index >= 15 is 0 Å². The molecule has 0 spiro atoms. The molecule has 0 heterocycles. The SMILES string of the molecule is O=C(NC(=S)Nc1ccc(S(=O)(=O)NCCc2ccccc2)cc1)c1ccc(OCCc2ccccc2)c(Br)c1. The van der Waals surface area contributed by atoms with Gasteiger partial charge in [-0.3, -0.25) is 10.1 Å². The highest BCUT2D eigenvalue weighted by Crippen LogP contribution is 2.26. The number of thiocarbonyl (C=S) groups is 1. The van der Waals surface area contributed by atoms with Crippen LogP contribution in [0.25, 0.3) is 0 Å². The summed E-state index contributed by atoms with van der Waals surface area (Å²) in [6, 6.07) is 30.9. The first kappa shape index (κ1) is 29.4. The lowest BCUT2D eigenvalue weighted by atomic mass is 10.2. The van der Waals surface area contributed by atoms with E-state index in [1.807, 2.05) is 60.7 Å². The van der Waals surface area contributed by atoms with Crippen molar-refractivity contribution >= 4 is 54.9 Å². The first-order chi connectivity index (χ1) is 19.3. The normalized spacial score (nSPS) is 11.0. The zero-order valence-corrected chi connectivity index (χ0v) is 24.7. The zero-order chi connectivity index (χ0) is 28.4. The summed E-state index contributed by atoms with van der Waals surface area (Å²) in [5.74, 6) is 0.244. The lowest BCUT2D eigenvalue weighted by molar-refractivity contribution is 0.0977. The average Bonchev–Trinajstić information content (AvgIpc) is 2.95. The second kappa shape index (κ2) is 14.2. The van der Waals surface area contributed by atoms with Crippen LogP contribution in [-0.4, -0.2) is 32.6 Å². The molecule has 0 unspecified atom stereocenters. The number of anilines is 1. The quantitative estimate of drug-likeness (QED) is 0.182. The topological polar surface area (TPSA) is 96.5 Å². The number of carbonyl (C=O) groups is 1. The van der Waals surface area contributed by atoms with Crippen molar-refractivity contribution in [2.45, 2.75) is 17.7 Å². The molecule has 0 aliphatic carbocycles. The first-order valence-electron chi connectivity index (χ1n) is 12.5. The van der Waals surface area contributed by atoms with Crippen molar-refractivity contribution in [3.8, 4) is 5.75 Å². The van der Waals surface area contributed by atoms with Crippen molar-refractivity contribution in [1.29, 1.82) is 0 Å². The zero-order valence-electron chi connectivity index (χ0n) is 21.5. The minimum Gasteiger partial charge on any atom is -0.492 e. The van der Waals surface area contributed by atoms with Crippen molar-refractivity contribution in [3.63, 3.8) is 0 Å². The fraction of sp³-hybridized carbons (Fsp3) is 0.133. The summed E-state index contributed by atoms with van der Waals surface area (Å²) < 4.78 is 34.3. The Bertz CT molecular complexity index is 1550. The van der Waals surface area contributed by atoms with Gasteiger partial charge in [0.05, 0.1) is 16.0 Å². The predicted octanol–water partition coefficient (Wildman–Crippen LogP) is 5.72. The van der Waals surface area contributed by atoms with E-state index in [-0.39, 0.29) is 10.0 Å². The Balaban J connectivity index is 1.25. The molecule has 4 rings (SSSR count). The third-order valence-electron chi connectivity index (χ3n) is 5.88. The molecular weight excluding hydrogens is 610 g/mol. The van der Waals surface area contributed by atoms with Gasteiger partial charge in [0, 0.05) is 24.2 Å². The molecule has 0 atom stereocenters. The van der Waals surface area contributed by atoms with Crippen LogP contribution < -0.4 is 20.1 Å². The van der Waals surface area contributed by atoms with Crippen LogP contribution in [0.3, 0.4) is 0 Å². The summed E-state index contributed by atoms with van der Waals surface area (Å²) in [6.45, 7) is 0.797. The van der Waals surface area contributed by atoms with Crippen LogP contribution in [0.15, 0.2) is 112 Å². The van der Waals surface area contributed by atoms with Gasteiger partial charge in [-0.1, -0.05) is 60.7 Å². The molecule has 1 amide bonds. The largest absolute Gasteiger partial charge is 0.492 e. The molecular formula is C30H28BrN3O4S2. The maximum Gasteiger partial charge on any atom is 0.257 e. The van der Waals surface area contributed by atoms with E-state index in [1.54, 1.807) is 30.3 Å². The van der Waals surface area contributed by atoms with E-state index in [4.69, 9.17) is 17.0 Å². The highest BCUT2D eigenvalue weighted by atomic mass is 79.9. The van der Waals surface area contributed by atoms with Crippen LogP contribution in [-0.2, 0) is 22.9 Å². The third kappa shape index (κ3) is 8.72. The molecule has 0 saturated heterocycles. The Morgan fingerprint density at radius 3 is 2.08 bits per heavy atom. The number of carbonyl (C=O) groups excluding carboxylic acids is 1. The summed E-state index contributed by atoms with van der Waals surface area (Å²) in [5.41, 5.74) is 3.17. The molecule has 0 aromatic heterocycles. The molecule has 0 bridgehead atoms. The molecule has 0 aliphatic heterocycles. The summed E-state index contributed by atoms with van der Waals surface area (Å²) in [6.07, 6.45) is 1.36. The molecule has 7 nitrogen and oxygen atoms in total. The highest BCUT2D eigenvalue weighted by molar-refractivity contribution is 9.10. The monoisotopic (exact) mass is 637 g/mol. The molecule has 4 aromatic carbocycles. The molecule has 206 valence electrons. The molecule has 0 radical (unpaired) electrons. The van der Waals surface area contributed by atoms with Crippen molar-refractivity contribution < 1.29 is 17.9 Å². The minimum atomic E-state index is -3.65. The van der Waals surface area contributed by atoms with Crippen LogP contribution in [0.2, 0.25) is 0 Å². The number of ether oxygens (including phenoxy) is 1. The van der Waals surface area contributed by atoms with Crippen LogP contribution in [0.4, 0.5) is 5.69 Å². The van der Waals surface area contributed by atoms with Crippen molar-refractivity contribution in [2.24, 2.45) is 0 Å². The lowest BCUT2D eigenvalue weighted by Crippen LogP contribution is -2.34. The van der Waals surface area contributed by atoms with Crippen molar-refractivity contribution in [2.75, 3.05) is 18.5 Å². The first-order valence-corrected chi connectivity index (χ1v) is 15.2. The van der Waals surface area contributed by atoms with Gasteiger partial charge in [-0.25, -0.2) is 13.1 Å². The summed E-state index contributed by atoms with van der Waals surface area (Å²) >= 11 is 8.74. The molecule has 0 saturated carbocycles. The smallest absolute Gasteiger partial charge is 0.257 e. The van der Waals surface area contributed by atoms with Crippen LogP contribution >= 0.6 is 28.1 Å². The molecule has 0 aliphatic rings. The average molecular weight is 639 g/mol. The number of hydrogen-bond donors (Lipinski definition) is 3. The number of benzene rings is 4. The second-order valence-electron chi connectivity index (χ2n) is 8.80. The number of sulfonamides is 1. The number of nitrogens with one attached hydrogen (secondary N) is 3. The Morgan fingerprint density at radius 2 is 1.45 bits per heavy atom. The molecule has 40 heavy (non-hydrogen) atoms. The standard InChI is InChI=1S/C30H28BrN3O4S2/c31-27-21-24(11-16-28(27)38-20-18-23-9-5-2-6-10-23)29(35)34-30(39)33-25-12-14-26(15-13-25)40(36,37)32-19-17-22-7-3-1-4-8-22/h1-16,21,32H,17-20H2,(H2,33,34,35,39). The maximum absolute atomic E-state index is 12.7. The van der Waals surface area contributed by atoms with Crippen molar-refractivity contribution in [1.82, 2.24) is 10.0 Å². The predicted molar refractivity (Wildman–Crippen MR) is 165 cm³/mol. The fourth-order valence-electron chi connectivity index (χ4n) is 3.80. The number of amides is 1. The Kier molecular flexibility index (Phi) is 10.4. The minimum absolute atomic E-state index is 0.0842. The van der Waals surface area contributed by atoms with E-state index in [0.717, 1.165) is 12.0 Å². The van der Waals surface area contributed by atoms with Crippen LogP contribution in [0.5, 0.6) is 5.75 Å². The van der Waals surface area contributed by atoms with E-state index in [1.165, 1.54) is 17.7 Å². The number of rotatable bonds is 11. The van der Waals surface area contributed by atoms with Crippen LogP contribution in [0, 0.1) is 0 Å². The third-order valence-corrected chi connectivity index (χ3v) is 8.18. The van der Waals surface area contributed by atoms with Gasteiger partial charge in [-0.2, -0.15) is 0 Å². The van der Waals surface area contributed by atoms with Gasteiger partial charge in [0.1, 0.15) is 5.75 Å². The Labute approximate surface area is 248 Å². The highest BCUT2D eigenvalue weighted by Gasteiger charge is 2.14. The maximum atomic E-state index is 12.7. The van der Waals surface area contributed by atoms with Gasteiger partial charge in [-0.05, 0) is 88.2 Å². The fourth-order valence-corrected chi connectivity index (χ4v) is 5.53. The van der Waals surface area contributed by atoms with E-state index < -0.39 is 15.9 Å².